The van der Waals surface area contributed by atoms with Crippen LogP contribution in [0.3, 0.4) is 0 Å². The second-order valence-corrected chi connectivity index (χ2v) is 4.83. The van der Waals surface area contributed by atoms with Crippen molar-refractivity contribution in [2.24, 2.45) is 0 Å². The fourth-order valence-electron chi connectivity index (χ4n) is 2.56. The van der Waals surface area contributed by atoms with Gasteiger partial charge in [0.15, 0.2) is 0 Å². The van der Waals surface area contributed by atoms with E-state index in [1.54, 1.807) is 7.11 Å². The Kier molecular flexibility index (Phi) is 3.94. The van der Waals surface area contributed by atoms with E-state index in [1.165, 1.54) is 7.11 Å². The highest BCUT2D eigenvalue weighted by atomic mass is 16.7. The van der Waals surface area contributed by atoms with Gasteiger partial charge in [-0.3, -0.25) is 0 Å². The molecule has 1 aliphatic heterocycles. The largest absolute Gasteiger partial charge is 0.465 e. The number of ether oxygens (including phenoxy) is 3. The molecule has 0 fully saturated rings. The molecule has 2 aromatic carbocycles. The van der Waals surface area contributed by atoms with Gasteiger partial charge in [-0.15, -0.1) is 0 Å². The van der Waals surface area contributed by atoms with Gasteiger partial charge < -0.3 is 14.2 Å². The lowest BCUT2D eigenvalue weighted by Gasteiger charge is -2.12. The van der Waals surface area contributed by atoms with Gasteiger partial charge in [-0.05, 0) is 5.56 Å². The number of methoxy groups -OCH3 is 2. The van der Waals surface area contributed by atoms with E-state index in [0.717, 1.165) is 16.7 Å². The molecule has 0 radical (unpaired) electrons. The maximum Gasteiger partial charge on any atom is 0.342 e. The number of benzene rings is 2. The van der Waals surface area contributed by atoms with Crippen LogP contribution in [0.4, 0.5) is 0 Å². The number of rotatable bonds is 3. The molecular formula is C18H16O4. The van der Waals surface area contributed by atoms with Gasteiger partial charge >= 0.3 is 5.97 Å². The van der Waals surface area contributed by atoms with Gasteiger partial charge in [-0.1, -0.05) is 54.6 Å². The molecule has 1 aliphatic rings. The van der Waals surface area contributed by atoms with Crippen molar-refractivity contribution < 1.29 is 19.0 Å². The summed E-state index contributed by atoms with van der Waals surface area (Å²) >= 11 is 0. The second kappa shape index (κ2) is 6.03. The van der Waals surface area contributed by atoms with Crippen LogP contribution in [0, 0.1) is 0 Å². The minimum Gasteiger partial charge on any atom is -0.465 e. The van der Waals surface area contributed by atoms with Crippen molar-refractivity contribution in [3.8, 4) is 0 Å². The predicted octanol–water partition coefficient (Wildman–Crippen LogP) is 3.40. The molecule has 0 N–H and O–H groups in total. The van der Waals surface area contributed by atoms with E-state index >= 15 is 0 Å². The molecule has 1 unspecified atom stereocenters. The summed E-state index contributed by atoms with van der Waals surface area (Å²) in [5.41, 5.74) is 2.89. The third-order valence-corrected chi connectivity index (χ3v) is 3.58. The Labute approximate surface area is 128 Å². The van der Waals surface area contributed by atoms with Gasteiger partial charge in [0.05, 0.1) is 7.11 Å². The summed E-state index contributed by atoms with van der Waals surface area (Å²) < 4.78 is 16.2. The Morgan fingerprint density at radius 1 is 1.00 bits per heavy atom. The molecule has 1 atom stereocenters. The first-order valence-electron chi connectivity index (χ1n) is 6.93. The Bertz CT molecular complexity index is 719. The van der Waals surface area contributed by atoms with Crippen molar-refractivity contribution in [1.82, 2.24) is 0 Å². The Morgan fingerprint density at radius 2 is 1.68 bits per heavy atom. The number of carbonyl (C=O) groups excluding carboxylic acids is 1. The number of hydrogen-bond acceptors (Lipinski definition) is 4. The van der Waals surface area contributed by atoms with E-state index in [2.05, 4.69) is 0 Å². The average molecular weight is 296 g/mol. The molecule has 4 nitrogen and oxygen atoms in total. The molecule has 1 heterocycles. The highest BCUT2D eigenvalue weighted by Crippen LogP contribution is 2.42. The van der Waals surface area contributed by atoms with Crippen LogP contribution in [-0.4, -0.2) is 20.2 Å². The zero-order valence-corrected chi connectivity index (χ0v) is 12.4. The van der Waals surface area contributed by atoms with Crippen LogP contribution in [0.5, 0.6) is 0 Å². The van der Waals surface area contributed by atoms with Crippen LogP contribution in [0.25, 0.3) is 11.3 Å². The number of hydrogen-bond donors (Lipinski definition) is 0. The molecule has 0 spiro atoms. The third-order valence-electron chi connectivity index (χ3n) is 3.58. The molecule has 3 rings (SSSR count). The van der Waals surface area contributed by atoms with E-state index in [0.29, 0.717) is 11.3 Å². The maximum atomic E-state index is 12.3. The molecule has 0 amide bonds. The number of carbonyl (C=O) groups is 1. The van der Waals surface area contributed by atoms with Gasteiger partial charge in [0.2, 0.25) is 6.29 Å². The first-order valence-corrected chi connectivity index (χ1v) is 6.93. The van der Waals surface area contributed by atoms with Gasteiger partial charge in [0.1, 0.15) is 11.3 Å². The van der Waals surface area contributed by atoms with E-state index < -0.39 is 12.3 Å². The fourth-order valence-corrected chi connectivity index (χ4v) is 2.56. The molecule has 0 bridgehead atoms. The average Bonchev–Trinajstić information content (AvgIpc) is 2.95. The summed E-state index contributed by atoms with van der Waals surface area (Å²) in [5, 5.41) is 0. The molecule has 112 valence electrons. The van der Waals surface area contributed by atoms with Crippen LogP contribution in [0.2, 0.25) is 0 Å². The molecule has 0 saturated carbocycles. The maximum absolute atomic E-state index is 12.3. The SMILES string of the molecule is COC(=O)/C(=C1/OC(OC)c2ccccc21)c1ccccc1. The summed E-state index contributed by atoms with van der Waals surface area (Å²) in [6.07, 6.45) is -0.519. The summed E-state index contributed by atoms with van der Waals surface area (Å²) in [6.45, 7) is 0. The second-order valence-electron chi connectivity index (χ2n) is 4.83. The minimum atomic E-state index is -0.519. The van der Waals surface area contributed by atoms with E-state index in [9.17, 15) is 4.79 Å². The van der Waals surface area contributed by atoms with Crippen molar-refractivity contribution in [2.75, 3.05) is 14.2 Å². The summed E-state index contributed by atoms with van der Waals surface area (Å²) in [7, 11) is 2.94. The van der Waals surface area contributed by atoms with Crippen molar-refractivity contribution in [2.45, 2.75) is 6.29 Å². The predicted molar refractivity (Wildman–Crippen MR) is 82.5 cm³/mol. The van der Waals surface area contributed by atoms with E-state index in [-0.39, 0.29) is 0 Å². The lowest BCUT2D eigenvalue weighted by molar-refractivity contribution is -0.133. The summed E-state index contributed by atoms with van der Waals surface area (Å²) in [5.74, 6) is 0.0493. The third kappa shape index (κ3) is 2.38. The standard InChI is InChI=1S/C18H16O4/c1-20-17(19)15(12-8-4-3-5-9-12)16-13-10-6-7-11-14(13)18(21-2)22-16/h3-11,18H,1-2H3/b16-15+. The van der Waals surface area contributed by atoms with Crippen LogP contribution >= 0.6 is 0 Å². The minimum absolute atomic E-state index is 0.398. The molecule has 0 saturated heterocycles. The van der Waals surface area contributed by atoms with Gasteiger partial charge in [0, 0.05) is 18.2 Å². The lowest BCUT2D eigenvalue weighted by Crippen LogP contribution is -2.07. The van der Waals surface area contributed by atoms with Gasteiger partial charge in [-0.25, -0.2) is 4.79 Å². The summed E-state index contributed by atoms with van der Waals surface area (Å²) in [4.78, 5) is 12.3. The normalized spacial score (nSPS) is 18.4. The van der Waals surface area contributed by atoms with Crippen molar-refractivity contribution in [3.05, 3.63) is 71.3 Å². The topological polar surface area (TPSA) is 44.8 Å². The van der Waals surface area contributed by atoms with E-state index in [1.807, 2.05) is 54.6 Å². The summed E-state index contributed by atoms with van der Waals surface area (Å²) in [6, 6.07) is 17.0. The molecule has 0 aromatic heterocycles. The van der Waals surface area contributed by atoms with Crippen LogP contribution < -0.4 is 0 Å². The fraction of sp³-hybridized carbons (Fsp3) is 0.167. The van der Waals surface area contributed by atoms with Crippen molar-refractivity contribution >= 4 is 17.3 Å². The molecule has 0 aliphatic carbocycles. The Balaban J connectivity index is 2.23. The number of esters is 1. The highest BCUT2D eigenvalue weighted by Gasteiger charge is 2.32. The lowest BCUT2D eigenvalue weighted by atomic mass is 9.99. The van der Waals surface area contributed by atoms with Crippen LogP contribution in [0.15, 0.2) is 54.6 Å². The quantitative estimate of drug-likeness (QED) is 0.643. The smallest absolute Gasteiger partial charge is 0.342 e. The zero-order valence-electron chi connectivity index (χ0n) is 12.4. The first-order chi connectivity index (χ1) is 10.8. The number of fused-ring (bicyclic) bond motifs is 1. The molecule has 22 heavy (non-hydrogen) atoms. The van der Waals surface area contributed by atoms with Gasteiger partial charge in [-0.2, -0.15) is 0 Å². The van der Waals surface area contributed by atoms with Crippen molar-refractivity contribution in [3.63, 3.8) is 0 Å². The Hall–Kier alpha value is -2.59. The highest BCUT2D eigenvalue weighted by molar-refractivity contribution is 6.23. The van der Waals surface area contributed by atoms with Gasteiger partial charge in [0.25, 0.3) is 0 Å². The zero-order chi connectivity index (χ0) is 15.5. The van der Waals surface area contributed by atoms with E-state index in [4.69, 9.17) is 14.2 Å². The van der Waals surface area contributed by atoms with Crippen LogP contribution in [-0.2, 0) is 19.0 Å². The van der Waals surface area contributed by atoms with Crippen LogP contribution in [0.1, 0.15) is 23.0 Å². The molecule has 4 heteroatoms. The monoisotopic (exact) mass is 296 g/mol. The van der Waals surface area contributed by atoms with Crippen molar-refractivity contribution in [1.29, 1.82) is 0 Å². The first kappa shape index (κ1) is 14.4. The Morgan fingerprint density at radius 3 is 2.36 bits per heavy atom. The molecule has 2 aromatic rings. The molecular weight excluding hydrogens is 280 g/mol.